The fourth-order valence-electron chi connectivity index (χ4n) is 5.69. The number of methoxy groups -OCH3 is 2. The highest BCUT2D eigenvalue weighted by Gasteiger charge is 2.37. The molecule has 1 unspecified atom stereocenters. The average Bonchev–Trinajstić information content (AvgIpc) is 3.16. The summed E-state index contributed by atoms with van der Waals surface area (Å²) >= 11 is 0. The van der Waals surface area contributed by atoms with E-state index in [0.29, 0.717) is 25.9 Å². The molecule has 50 heavy (non-hydrogen) atoms. The summed E-state index contributed by atoms with van der Waals surface area (Å²) in [5.41, 5.74) is 1.85. The minimum absolute atomic E-state index is 0.0863. The van der Waals surface area contributed by atoms with Crippen LogP contribution in [0, 0.1) is 22.5 Å². The number of carbonyl (C=O) groups is 2. The molecular formula is C40H42N2O8. The molecule has 0 aliphatic rings. The number of para-hydroxylation sites is 1. The average molecular weight is 679 g/mol. The molecule has 1 N–H and O–H groups in total. The Bertz CT molecular complexity index is 1690. The Balaban J connectivity index is 1.44. The van der Waals surface area contributed by atoms with E-state index >= 15 is 0 Å². The number of nitro groups is 1. The molecule has 0 saturated carbocycles. The first-order valence-corrected chi connectivity index (χ1v) is 16.4. The van der Waals surface area contributed by atoms with Crippen molar-refractivity contribution in [2.24, 2.45) is 0 Å². The smallest absolute Gasteiger partial charge is 0.306 e. The summed E-state index contributed by atoms with van der Waals surface area (Å²) in [4.78, 5) is 36.4. The van der Waals surface area contributed by atoms with Crippen molar-refractivity contribution in [1.29, 1.82) is 0 Å². The summed E-state index contributed by atoms with van der Waals surface area (Å²) in [7, 11) is 3.25. The molecule has 10 heteroatoms. The SMILES string of the molecule is C#CCCC(=O)NCC(OC(=O)CCCCCOC(c1ccccc1)(c1ccc(OC)cc1)c1ccc(OC)cc1)c1ccccc1[N+](=O)[O-]. The van der Waals surface area contributed by atoms with Crippen LogP contribution in [-0.4, -0.2) is 44.2 Å². The molecule has 0 aliphatic heterocycles. The summed E-state index contributed by atoms with van der Waals surface area (Å²) in [6, 6.07) is 31.6. The van der Waals surface area contributed by atoms with Crippen molar-refractivity contribution in [2.75, 3.05) is 27.4 Å². The molecule has 1 amide bonds. The molecule has 0 bridgehead atoms. The zero-order valence-electron chi connectivity index (χ0n) is 28.3. The number of unbranched alkanes of at least 4 members (excludes halogenated alkanes) is 2. The first-order valence-electron chi connectivity index (χ1n) is 16.4. The molecule has 0 fully saturated rings. The van der Waals surface area contributed by atoms with Crippen LogP contribution >= 0.6 is 0 Å². The lowest BCUT2D eigenvalue weighted by Gasteiger charge is -2.36. The number of rotatable bonds is 19. The van der Waals surface area contributed by atoms with Gasteiger partial charge in [0.15, 0.2) is 6.10 Å². The van der Waals surface area contributed by atoms with E-state index in [1.54, 1.807) is 20.3 Å². The highest BCUT2D eigenvalue weighted by molar-refractivity contribution is 5.76. The van der Waals surface area contributed by atoms with Crippen LogP contribution in [0.5, 0.6) is 11.5 Å². The second-order valence-electron chi connectivity index (χ2n) is 11.5. The number of esters is 1. The minimum Gasteiger partial charge on any atom is -0.497 e. The maximum atomic E-state index is 13.0. The van der Waals surface area contributed by atoms with Gasteiger partial charge in [-0.1, -0.05) is 73.2 Å². The Hall–Kier alpha value is -5.66. The highest BCUT2D eigenvalue weighted by Crippen LogP contribution is 2.42. The number of carbonyl (C=O) groups excluding carboxylic acids is 2. The number of benzene rings is 4. The fourth-order valence-corrected chi connectivity index (χ4v) is 5.69. The summed E-state index contributed by atoms with van der Waals surface area (Å²) in [6.45, 7) is 0.261. The topological polar surface area (TPSA) is 126 Å². The highest BCUT2D eigenvalue weighted by atomic mass is 16.6. The van der Waals surface area contributed by atoms with Gasteiger partial charge in [0.2, 0.25) is 5.91 Å². The lowest BCUT2D eigenvalue weighted by atomic mass is 9.80. The lowest BCUT2D eigenvalue weighted by Crippen LogP contribution is -2.33. The third kappa shape index (κ3) is 9.71. The number of nitrogens with zero attached hydrogens (tertiary/aromatic N) is 1. The summed E-state index contributed by atoms with van der Waals surface area (Å²) in [5, 5.41) is 14.4. The van der Waals surface area contributed by atoms with E-state index in [1.807, 2.05) is 78.9 Å². The second kappa shape index (κ2) is 18.8. The molecule has 0 heterocycles. The zero-order chi connectivity index (χ0) is 35.8. The molecule has 1 atom stereocenters. The summed E-state index contributed by atoms with van der Waals surface area (Å²) < 4.78 is 23.4. The Morgan fingerprint density at radius 3 is 1.96 bits per heavy atom. The quantitative estimate of drug-likeness (QED) is 0.0274. The molecule has 10 nitrogen and oxygen atoms in total. The molecule has 0 aliphatic carbocycles. The van der Waals surface area contributed by atoms with Gasteiger partial charge in [-0.2, -0.15) is 0 Å². The minimum atomic E-state index is -1.04. The van der Waals surface area contributed by atoms with Crippen molar-refractivity contribution in [1.82, 2.24) is 5.32 Å². The second-order valence-corrected chi connectivity index (χ2v) is 11.5. The predicted molar refractivity (Wildman–Crippen MR) is 190 cm³/mol. The van der Waals surface area contributed by atoms with Gasteiger partial charge in [-0.25, -0.2) is 0 Å². The van der Waals surface area contributed by atoms with E-state index in [0.717, 1.165) is 28.2 Å². The number of amides is 1. The van der Waals surface area contributed by atoms with Gasteiger partial charge in [0, 0.05) is 31.9 Å². The van der Waals surface area contributed by atoms with Gasteiger partial charge in [-0.05, 0) is 59.9 Å². The molecular weight excluding hydrogens is 636 g/mol. The molecule has 4 aromatic carbocycles. The van der Waals surface area contributed by atoms with Crippen LogP contribution in [0.4, 0.5) is 5.69 Å². The largest absolute Gasteiger partial charge is 0.497 e. The normalized spacial score (nSPS) is 11.5. The monoisotopic (exact) mass is 678 g/mol. The van der Waals surface area contributed by atoms with Crippen LogP contribution in [0.2, 0.25) is 0 Å². The Morgan fingerprint density at radius 2 is 1.38 bits per heavy atom. The van der Waals surface area contributed by atoms with Gasteiger partial charge in [-0.15, -0.1) is 12.3 Å². The number of nitro benzene ring substituents is 1. The van der Waals surface area contributed by atoms with Crippen LogP contribution in [0.15, 0.2) is 103 Å². The zero-order valence-corrected chi connectivity index (χ0v) is 28.3. The molecule has 0 aromatic heterocycles. The van der Waals surface area contributed by atoms with Crippen LogP contribution in [0.25, 0.3) is 0 Å². The van der Waals surface area contributed by atoms with E-state index < -0.39 is 22.6 Å². The lowest BCUT2D eigenvalue weighted by molar-refractivity contribution is -0.386. The van der Waals surface area contributed by atoms with Crippen molar-refractivity contribution >= 4 is 17.6 Å². The first-order chi connectivity index (χ1) is 24.3. The number of nitrogens with one attached hydrogen (secondary N) is 1. The van der Waals surface area contributed by atoms with Crippen LogP contribution < -0.4 is 14.8 Å². The van der Waals surface area contributed by atoms with Gasteiger partial charge in [-0.3, -0.25) is 19.7 Å². The van der Waals surface area contributed by atoms with E-state index in [9.17, 15) is 19.7 Å². The number of ether oxygens (including phenoxy) is 4. The third-order valence-corrected chi connectivity index (χ3v) is 8.25. The maximum Gasteiger partial charge on any atom is 0.306 e. The van der Waals surface area contributed by atoms with Gasteiger partial charge >= 0.3 is 5.97 Å². The Kier molecular flexibility index (Phi) is 14.0. The Morgan fingerprint density at radius 1 is 0.800 bits per heavy atom. The summed E-state index contributed by atoms with van der Waals surface area (Å²) in [5.74, 6) is 3.00. The molecule has 0 radical (unpaired) electrons. The van der Waals surface area contributed by atoms with Crippen molar-refractivity contribution in [2.45, 2.75) is 50.2 Å². The van der Waals surface area contributed by atoms with E-state index in [2.05, 4.69) is 11.2 Å². The van der Waals surface area contributed by atoms with Crippen molar-refractivity contribution in [3.8, 4) is 23.8 Å². The van der Waals surface area contributed by atoms with Gasteiger partial charge < -0.3 is 24.3 Å². The number of hydrogen-bond donors (Lipinski definition) is 1. The van der Waals surface area contributed by atoms with Gasteiger partial charge in [0.05, 0.1) is 31.3 Å². The van der Waals surface area contributed by atoms with Crippen LogP contribution in [0.1, 0.15) is 66.9 Å². The summed E-state index contributed by atoms with van der Waals surface area (Å²) in [6.07, 6.45) is 6.45. The van der Waals surface area contributed by atoms with Gasteiger partial charge in [0.25, 0.3) is 5.69 Å². The van der Waals surface area contributed by atoms with E-state index in [4.69, 9.17) is 25.4 Å². The predicted octanol–water partition coefficient (Wildman–Crippen LogP) is 7.30. The first kappa shape index (κ1) is 37.2. The fraction of sp³-hybridized carbons (Fsp3) is 0.300. The van der Waals surface area contributed by atoms with Crippen LogP contribution in [-0.2, 0) is 24.7 Å². The third-order valence-electron chi connectivity index (χ3n) is 8.25. The number of terminal acetylenes is 1. The van der Waals surface area contributed by atoms with E-state index in [1.165, 1.54) is 18.2 Å². The molecule has 260 valence electrons. The molecule has 0 saturated heterocycles. The Labute approximate surface area is 292 Å². The van der Waals surface area contributed by atoms with Crippen molar-refractivity contribution in [3.63, 3.8) is 0 Å². The van der Waals surface area contributed by atoms with Crippen LogP contribution in [0.3, 0.4) is 0 Å². The van der Waals surface area contributed by atoms with Crippen molar-refractivity contribution < 1.29 is 33.5 Å². The van der Waals surface area contributed by atoms with Crippen molar-refractivity contribution in [3.05, 3.63) is 135 Å². The van der Waals surface area contributed by atoms with E-state index in [-0.39, 0.29) is 43.0 Å². The molecule has 4 aromatic rings. The molecule has 4 rings (SSSR count). The maximum absolute atomic E-state index is 13.0. The van der Waals surface area contributed by atoms with Gasteiger partial charge in [0.1, 0.15) is 17.1 Å². The standard InChI is InChI=1S/C40H42N2O8/c1-4-5-18-38(43)41-29-37(35-16-11-12-17-36(35)42(45)46)50-39(44)19-10-7-13-28-49-40(30-14-8-6-9-15-30,31-20-24-33(47-2)25-21-31)32-22-26-34(48-3)27-23-32/h1,6,8-9,11-12,14-17,20-27,37H,5,7,10,13,18-19,28-29H2,2-3H3,(H,41,43). The number of hydrogen-bond acceptors (Lipinski definition) is 8. The molecule has 0 spiro atoms.